The lowest BCUT2D eigenvalue weighted by Gasteiger charge is -2.31. The van der Waals surface area contributed by atoms with Gasteiger partial charge in [-0.15, -0.1) is 11.3 Å². The van der Waals surface area contributed by atoms with Crippen LogP contribution in [0.1, 0.15) is 18.7 Å². The number of ether oxygens (including phenoxy) is 2. The first-order valence-corrected chi connectivity index (χ1v) is 9.20. The zero-order chi connectivity index (χ0) is 20.7. The molecule has 1 aromatic heterocycles. The van der Waals surface area contributed by atoms with E-state index < -0.39 is 29.7 Å². The van der Waals surface area contributed by atoms with E-state index in [9.17, 15) is 22.4 Å². The van der Waals surface area contributed by atoms with E-state index in [2.05, 4.69) is 14.5 Å². The van der Waals surface area contributed by atoms with Gasteiger partial charge >= 0.3 is 18.2 Å². The van der Waals surface area contributed by atoms with E-state index >= 15 is 0 Å². The molecule has 28 heavy (non-hydrogen) atoms. The maximum absolute atomic E-state index is 13.4. The number of aryl methyl sites for hydroxylation is 1. The van der Waals surface area contributed by atoms with Crippen LogP contribution in [0.3, 0.4) is 0 Å². The predicted molar refractivity (Wildman–Crippen MR) is 93.4 cm³/mol. The third-order valence-electron chi connectivity index (χ3n) is 4.02. The van der Waals surface area contributed by atoms with Crippen molar-refractivity contribution in [2.24, 2.45) is 4.99 Å². The Kier molecular flexibility index (Phi) is 5.13. The van der Waals surface area contributed by atoms with Gasteiger partial charge in [0.1, 0.15) is 0 Å². The standard InChI is InChI=1S/C17H17F4N3O3S/c1-4-23(5-2)14(25)22-15-24(9-10(3)28-15)11-6-7-12-13(8-11)27-17(20,21)16(18,19)26-12/h6-9H,4-5H2,1-3H3/b22-15-. The van der Waals surface area contributed by atoms with Crippen LogP contribution in [0.5, 0.6) is 11.5 Å². The van der Waals surface area contributed by atoms with Gasteiger partial charge in [0.15, 0.2) is 16.3 Å². The highest BCUT2D eigenvalue weighted by Crippen LogP contribution is 2.47. The molecule has 0 fully saturated rings. The maximum atomic E-state index is 13.4. The average Bonchev–Trinajstić information content (AvgIpc) is 2.96. The van der Waals surface area contributed by atoms with Gasteiger partial charge in [-0.1, -0.05) is 0 Å². The highest BCUT2D eigenvalue weighted by Gasteiger charge is 2.65. The molecule has 11 heteroatoms. The van der Waals surface area contributed by atoms with Crippen molar-refractivity contribution in [3.8, 4) is 17.2 Å². The van der Waals surface area contributed by atoms with Crippen LogP contribution in [0.15, 0.2) is 29.4 Å². The van der Waals surface area contributed by atoms with Gasteiger partial charge in [0.2, 0.25) is 0 Å². The number of hydrogen-bond donors (Lipinski definition) is 0. The Balaban J connectivity index is 2.04. The highest BCUT2D eigenvalue weighted by molar-refractivity contribution is 7.09. The molecule has 1 aromatic carbocycles. The predicted octanol–water partition coefficient (Wildman–Crippen LogP) is 4.17. The molecule has 0 spiro atoms. The van der Waals surface area contributed by atoms with Crippen LogP contribution in [0, 0.1) is 6.92 Å². The molecular formula is C17H17F4N3O3S. The van der Waals surface area contributed by atoms with Crippen molar-refractivity contribution in [2.75, 3.05) is 13.1 Å². The summed E-state index contributed by atoms with van der Waals surface area (Å²) in [6.07, 6.45) is -7.93. The second-order valence-electron chi connectivity index (χ2n) is 5.93. The van der Waals surface area contributed by atoms with Gasteiger partial charge < -0.3 is 14.4 Å². The lowest BCUT2D eigenvalue weighted by molar-refractivity contribution is -0.391. The molecule has 0 unspecified atom stereocenters. The normalized spacial score (nSPS) is 17.5. The van der Waals surface area contributed by atoms with Gasteiger partial charge in [-0.05, 0) is 32.9 Å². The highest BCUT2D eigenvalue weighted by atomic mass is 32.1. The molecule has 6 nitrogen and oxygen atoms in total. The first-order chi connectivity index (χ1) is 13.1. The average molecular weight is 419 g/mol. The molecule has 0 aliphatic carbocycles. The smallest absolute Gasteiger partial charge is 0.421 e. The number of aromatic nitrogens is 1. The van der Waals surface area contributed by atoms with Gasteiger partial charge in [0, 0.05) is 30.2 Å². The third kappa shape index (κ3) is 3.58. The molecule has 0 bridgehead atoms. The Hall–Kier alpha value is -2.56. The number of carbonyl (C=O) groups is 1. The molecule has 2 aromatic rings. The van der Waals surface area contributed by atoms with Gasteiger partial charge in [-0.3, -0.25) is 4.57 Å². The number of alkyl halides is 4. The fourth-order valence-corrected chi connectivity index (χ4v) is 3.40. The first kappa shape index (κ1) is 20.2. The summed E-state index contributed by atoms with van der Waals surface area (Å²) >= 11 is 1.22. The minimum absolute atomic E-state index is 0.304. The number of urea groups is 1. The van der Waals surface area contributed by atoms with E-state index in [0.29, 0.717) is 23.6 Å². The van der Waals surface area contributed by atoms with Gasteiger partial charge in [0.05, 0.1) is 5.69 Å². The molecule has 152 valence electrons. The fourth-order valence-electron chi connectivity index (χ4n) is 2.57. The van der Waals surface area contributed by atoms with Crippen LogP contribution in [-0.2, 0) is 0 Å². The summed E-state index contributed by atoms with van der Waals surface area (Å²) < 4.78 is 63.2. The van der Waals surface area contributed by atoms with Crippen molar-refractivity contribution in [1.29, 1.82) is 0 Å². The first-order valence-electron chi connectivity index (χ1n) is 8.38. The quantitative estimate of drug-likeness (QED) is 0.702. The minimum Gasteiger partial charge on any atom is -0.421 e. The van der Waals surface area contributed by atoms with Crippen molar-refractivity contribution in [1.82, 2.24) is 9.47 Å². The Morgan fingerprint density at radius 1 is 1.14 bits per heavy atom. The van der Waals surface area contributed by atoms with E-state index in [1.54, 1.807) is 13.1 Å². The minimum atomic E-state index is -4.81. The molecule has 0 N–H and O–H groups in total. The number of nitrogens with zero attached hydrogens (tertiary/aromatic N) is 3. The van der Waals surface area contributed by atoms with Crippen molar-refractivity contribution in [3.05, 3.63) is 34.1 Å². The second kappa shape index (κ2) is 7.12. The van der Waals surface area contributed by atoms with Crippen LogP contribution < -0.4 is 14.3 Å². The van der Waals surface area contributed by atoms with Crippen molar-refractivity contribution >= 4 is 17.4 Å². The number of thiazole rings is 1. The molecule has 2 amide bonds. The van der Waals surface area contributed by atoms with Gasteiger partial charge in [0.25, 0.3) is 0 Å². The number of amides is 2. The molecular weight excluding hydrogens is 402 g/mol. The molecule has 0 saturated carbocycles. The molecule has 1 aliphatic rings. The molecule has 3 rings (SSSR count). The molecule has 0 radical (unpaired) electrons. The van der Waals surface area contributed by atoms with Crippen molar-refractivity contribution in [2.45, 2.75) is 33.0 Å². The number of halogens is 4. The summed E-state index contributed by atoms with van der Waals surface area (Å²) in [5.41, 5.74) is 0.304. The van der Waals surface area contributed by atoms with E-state index in [-0.39, 0.29) is 0 Å². The fraction of sp³-hybridized carbons (Fsp3) is 0.412. The Labute approximate surface area is 161 Å². The summed E-state index contributed by atoms with van der Waals surface area (Å²) in [7, 11) is 0. The van der Waals surface area contributed by atoms with Crippen LogP contribution in [0.25, 0.3) is 5.69 Å². The van der Waals surface area contributed by atoms with E-state index in [4.69, 9.17) is 0 Å². The zero-order valence-electron chi connectivity index (χ0n) is 15.2. The molecule has 0 atom stereocenters. The molecule has 0 saturated heterocycles. The zero-order valence-corrected chi connectivity index (χ0v) is 16.0. The second-order valence-corrected chi connectivity index (χ2v) is 7.14. The number of carbonyl (C=O) groups excluding carboxylic acids is 1. The monoisotopic (exact) mass is 419 g/mol. The Morgan fingerprint density at radius 2 is 1.75 bits per heavy atom. The summed E-state index contributed by atoms with van der Waals surface area (Å²) in [6.45, 7) is 6.39. The van der Waals surface area contributed by atoms with E-state index in [1.165, 1.54) is 26.9 Å². The lowest BCUT2D eigenvalue weighted by Crippen LogP contribution is -2.52. The Bertz CT molecular complexity index is 967. The van der Waals surface area contributed by atoms with Gasteiger partial charge in [-0.25, -0.2) is 4.79 Å². The van der Waals surface area contributed by atoms with Crippen LogP contribution in [0.2, 0.25) is 0 Å². The Morgan fingerprint density at radius 3 is 2.36 bits per heavy atom. The van der Waals surface area contributed by atoms with Crippen LogP contribution in [-0.4, -0.2) is 40.8 Å². The molecule has 1 aliphatic heterocycles. The number of fused-ring (bicyclic) bond motifs is 1. The van der Waals surface area contributed by atoms with E-state index in [0.717, 1.165) is 17.0 Å². The SMILES string of the molecule is CCN(CC)C(=O)/N=c1\sc(C)cn1-c1ccc2c(c1)OC(F)(F)C(F)(F)O2. The number of benzene rings is 1. The molecule has 2 heterocycles. The largest absolute Gasteiger partial charge is 0.507 e. The van der Waals surface area contributed by atoms with E-state index in [1.807, 2.05) is 13.8 Å². The van der Waals surface area contributed by atoms with Crippen LogP contribution in [0.4, 0.5) is 22.4 Å². The summed E-state index contributed by atoms with van der Waals surface area (Å²) in [5.74, 6) is -1.05. The van der Waals surface area contributed by atoms with Gasteiger partial charge in [-0.2, -0.15) is 22.6 Å². The summed E-state index contributed by atoms with van der Waals surface area (Å²) in [6, 6.07) is 3.17. The number of hydrogen-bond acceptors (Lipinski definition) is 4. The third-order valence-corrected chi connectivity index (χ3v) is 4.91. The maximum Gasteiger partial charge on any atom is 0.507 e. The topological polar surface area (TPSA) is 56.1 Å². The van der Waals surface area contributed by atoms with Crippen molar-refractivity contribution in [3.63, 3.8) is 0 Å². The summed E-state index contributed by atoms with van der Waals surface area (Å²) in [5, 5.41) is 0. The number of rotatable bonds is 3. The summed E-state index contributed by atoms with van der Waals surface area (Å²) in [4.78, 5) is 19.0. The lowest BCUT2D eigenvalue weighted by atomic mass is 10.2. The van der Waals surface area contributed by atoms with Crippen molar-refractivity contribution < 1.29 is 31.8 Å². The van der Waals surface area contributed by atoms with Crippen LogP contribution >= 0.6 is 11.3 Å².